The number of nitrogens with zero attached hydrogens (tertiary/aromatic N) is 2. The summed E-state index contributed by atoms with van der Waals surface area (Å²) < 4.78 is 0. The van der Waals surface area contributed by atoms with E-state index in [1.54, 1.807) is 35.7 Å². The third-order valence-electron chi connectivity index (χ3n) is 5.17. The molecule has 5 rings (SSSR count). The second-order valence-corrected chi connectivity index (χ2v) is 10.3. The van der Waals surface area contributed by atoms with Crippen LogP contribution in [0.25, 0.3) is 11.3 Å². The summed E-state index contributed by atoms with van der Waals surface area (Å²) in [7, 11) is 1.96. The summed E-state index contributed by atoms with van der Waals surface area (Å²) in [6, 6.07) is 37.6. The standard InChI is InChI=1S/C25H21N2S2.C6H5NO2.Pt/c1-26-18-19-14-15-27-24(16-19)23-13-12-22(28-20-8-4-2-5-9-20)17-25(23)29-21-10-6-3-7-11-21;8-6(9)5-3-1-2-4-7-5;/h2-12,14-17,26H,18H2,1H3;1-4H,(H,8,9);/q-1;;. The van der Waals surface area contributed by atoms with Gasteiger partial charge in [0.25, 0.3) is 0 Å². The Balaban J connectivity index is 0.000000359. The van der Waals surface area contributed by atoms with Crippen LogP contribution in [0.1, 0.15) is 16.1 Å². The molecule has 5 aromatic rings. The van der Waals surface area contributed by atoms with E-state index in [1.807, 2.05) is 31.4 Å². The van der Waals surface area contributed by atoms with Gasteiger partial charge in [0, 0.05) is 49.8 Å². The number of benzene rings is 3. The number of nitrogens with one attached hydrogen (secondary N) is 1. The fraction of sp³-hybridized carbons (Fsp3) is 0.0645. The van der Waals surface area contributed by atoms with E-state index >= 15 is 0 Å². The van der Waals surface area contributed by atoms with Gasteiger partial charge in [0.05, 0.1) is 0 Å². The van der Waals surface area contributed by atoms with Crippen LogP contribution in [0.4, 0.5) is 0 Å². The molecular weight excluding hydrogens is 706 g/mol. The van der Waals surface area contributed by atoms with E-state index < -0.39 is 5.97 Å². The van der Waals surface area contributed by atoms with E-state index in [-0.39, 0.29) is 26.8 Å². The van der Waals surface area contributed by atoms with Gasteiger partial charge in [0.15, 0.2) is 0 Å². The maximum Gasteiger partial charge on any atom is 0.354 e. The summed E-state index contributed by atoms with van der Waals surface area (Å²) in [5.41, 5.74) is 3.28. The Kier molecular flexibility index (Phi) is 12.5. The predicted molar refractivity (Wildman–Crippen MR) is 154 cm³/mol. The van der Waals surface area contributed by atoms with Gasteiger partial charge in [-0.2, -0.15) is 0 Å². The van der Waals surface area contributed by atoms with Crippen molar-refractivity contribution in [2.45, 2.75) is 26.1 Å². The smallest absolute Gasteiger partial charge is 0.354 e. The first kappa shape index (κ1) is 30.3. The largest absolute Gasteiger partial charge is 0.477 e. The fourth-order valence-electron chi connectivity index (χ4n) is 3.45. The molecular formula is C31H26N3O2PtS2-. The maximum atomic E-state index is 10.1. The zero-order chi connectivity index (χ0) is 26.6. The van der Waals surface area contributed by atoms with E-state index in [2.05, 4.69) is 88.1 Å². The average Bonchev–Trinajstić information content (AvgIpc) is 2.95. The molecule has 8 heteroatoms. The molecule has 200 valence electrons. The monoisotopic (exact) mass is 731 g/mol. The first-order valence-electron chi connectivity index (χ1n) is 11.9. The average molecular weight is 732 g/mol. The minimum Gasteiger partial charge on any atom is -0.477 e. The van der Waals surface area contributed by atoms with E-state index in [1.165, 1.54) is 32.5 Å². The minimum absolute atomic E-state index is 0. The van der Waals surface area contributed by atoms with Gasteiger partial charge in [-0.1, -0.05) is 58.3 Å². The summed E-state index contributed by atoms with van der Waals surface area (Å²) in [6.07, 6.45) is 3.32. The van der Waals surface area contributed by atoms with Crippen LogP contribution < -0.4 is 5.32 Å². The topological polar surface area (TPSA) is 75.1 Å². The molecule has 0 saturated carbocycles. The molecule has 0 radical (unpaired) electrons. The molecule has 2 heterocycles. The Labute approximate surface area is 251 Å². The van der Waals surface area contributed by atoms with Gasteiger partial charge < -0.3 is 15.4 Å². The molecule has 5 nitrogen and oxygen atoms in total. The normalized spacial score (nSPS) is 10.1. The zero-order valence-corrected chi connectivity index (χ0v) is 25.0. The molecule has 0 saturated heterocycles. The van der Waals surface area contributed by atoms with Gasteiger partial charge in [-0.3, -0.25) is 0 Å². The molecule has 39 heavy (non-hydrogen) atoms. The van der Waals surface area contributed by atoms with Crippen LogP contribution in [0.5, 0.6) is 0 Å². The van der Waals surface area contributed by atoms with Gasteiger partial charge in [0.1, 0.15) is 5.69 Å². The number of carbonyl (C=O) groups is 1. The van der Waals surface area contributed by atoms with Crippen molar-refractivity contribution in [1.29, 1.82) is 0 Å². The van der Waals surface area contributed by atoms with E-state index in [0.29, 0.717) is 0 Å². The minimum atomic E-state index is -0.990. The van der Waals surface area contributed by atoms with Crippen molar-refractivity contribution >= 4 is 29.5 Å². The number of aromatic nitrogens is 2. The molecule has 0 unspecified atom stereocenters. The predicted octanol–water partition coefficient (Wildman–Crippen LogP) is 7.35. The molecule has 0 bridgehead atoms. The number of hydrogen-bond donors (Lipinski definition) is 2. The van der Waals surface area contributed by atoms with Crippen LogP contribution in [-0.4, -0.2) is 28.1 Å². The third kappa shape index (κ3) is 9.48. The molecule has 0 aliphatic heterocycles. The molecule has 0 fully saturated rings. The number of pyridine rings is 2. The second-order valence-electron chi connectivity index (χ2n) is 8.00. The number of rotatable bonds is 8. The number of carboxylic acid groups (broad SMARTS) is 1. The number of aromatic carboxylic acids is 1. The maximum absolute atomic E-state index is 10.1. The molecule has 0 aliphatic carbocycles. The molecule has 3 aromatic carbocycles. The number of carboxylic acids is 1. The number of hydrogen-bond acceptors (Lipinski definition) is 6. The van der Waals surface area contributed by atoms with Crippen LogP contribution in [0.3, 0.4) is 0 Å². The van der Waals surface area contributed by atoms with E-state index in [4.69, 9.17) is 5.11 Å². The molecule has 0 atom stereocenters. The first-order chi connectivity index (χ1) is 18.6. The van der Waals surface area contributed by atoms with Gasteiger partial charge in [0.2, 0.25) is 0 Å². The quantitative estimate of drug-likeness (QED) is 0.162. The fourth-order valence-corrected chi connectivity index (χ4v) is 5.38. The van der Waals surface area contributed by atoms with Crippen LogP contribution in [0.2, 0.25) is 0 Å². The summed E-state index contributed by atoms with van der Waals surface area (Å²) >= 11 is 3.51. The van der Waals surface area contributed by atoms with Crippen molar-refractivity contribution in [2.24, 2.45) is 0 Å². The zero-order valence-electron chi connectivity index (χ0n) is 21.1. The van der Waals surface area contributed by atoms with Crippen molar-refractivity contribution in [1.82, 2.24) is 15.3 Å². The van der Waals surface area contributed by atoms with Crippen molar-refractivity contribution in [3.63, 3.8) is 0 Å². The molecule has 2 N–H and O–H groups in total. The molecule has 0 aliphatic rings. The Morgan fingerprint density at radius 1 is 0.821 bits per heavy atom. The Bertz CT molecular complexity index is 1460. The first-order valence-corrected chi connectivity index (χ1v) is 13.5. The summed E-state index contributed by atoms with van der Waals surface area (Å²) in [6.45, 7) is 0.818. The van der Waals surface area contributed by atoms with Crippen LogP contribution >= 0.6 is 23.5 Å². The van der Waals surface area contributed by atoms with Gasteiger partial charge in [-0.05, 0) is 60.8 Å². The Hall–Kier alpha value is -3.22. The van der Waals surface area contributed by atoms with Gasteiger partial charge in [-0.25, -0.2) is 9.78 Å². The Morgan fingerprint density at radius 2 is 1.49 bits per heavy atom. The summed E-state index contributed by atoms with van der Waals surface area (Å²) in [5, 5.41) is 11.5. The van der Waals surface area contributed by atoms with Crippen LogP contribution in [0.15, 0.2) is 135 Å². The van der Waals surface area contributed by atoms with Crippen LogP contribution in [-0.2, 0) is 27.6 Å². The molecule has 0 amide bonds. The molecule has 2 aromatic heterocycles. The van der Waals surface area contributed by atoms with Gasteiger partial charge >= 0.3 is 5.97 Å². The van der Waals surface area contributed by atoms with Gasteiger partial charge in [-0.15, -0.1) is 47.3 Å². The molecule has 0 spiro atoms. The van der Waals surface area contributed by atoms with Crippen molar-refractivity contribution in [3.05, 3.63) is 133 Å². The summed E-state index contributed by atoms with van der Waals surface area (Å²) in [4.78, 5) is 23.1. The van der Waals surface area contributed by atoms with Crippen molar-refractivity contribution < 1.29 is 31.0 Å². The summed E-state index contributed by atoms with van der Waals surface area (Å²) in [5.74, 6) is -0.990. The van der Waals surface area contributed by atoms with Crippen molar-refractivity contribution in [3.8, 4) is 11.3 Å². The second kappa shape index (κ2) is 16.0. The third-order valence-corrected chi connectivity index (χ3v) is 7.20. The van der Waals surface area contributed by atoms with E-state index in [9.17, 15) is 4.79 Å². The van der Waals surface area contributed by atoms with Crippen molar-refractivity contribution in [2.75, 3.05) is 7.05 Å². The van der Waals surface area contributed by atoms with Crippen LogP contribution in [0, 0.1) is 6.07 Å². The SMILES string of the molecule is CNCc1ccnc(-c2[c-]cc(Sc3ccccc3)cc2Sc2ccccc2)c1.O=C(O)c1ccccn1.[Pt]. The Morgan fingerprint density at radius 3 is 2.08 bits per heavy atom. The van der Waals surface area contributed by atoms with E-state index in [0.717, 1.165) is 22.7 Å².